The quantitative estimate of drug-likeness (QED) is 0.857. The Morgan fingerprint density at radius 1 is 1.12 bits per heavy atom. The third-order valence-corrected chi connectivity index (χ3v) is 2.53. The largest absolute Gasteiger partial charge is 0.384 e. The van der Waals surface area contributed by atoms with Crippen molar-refractivity contribution in [3.8, 4) is 6.07 Å². The highest BCUT2D eigenvalue weighted by Crippen LogP contribution is 2.24. The highest BCUT2D eigenvalue weighted by Gasteiger charge is 2.14. The van der Waals surface area contributed by atoms with Gasteiger partial charge >= 0.3 is 0 Å². The van der Waals surface area contributed by atoms with Crippen molar-refractivity contribution in [1.82, 2.24) is 0 Å². The van der Waals surface area contributed by atoms with E-state index in [1.807, 2.05) is 6.07 Å². The van der Waals surface area contributed by atoms with Crippen LogP contribution in [-0.4, -0.2) is 5.11 Å². The van der Waals surface area contributed by atoms with E-state index >= 15 is 0 Å². The van der Waals surface area contributed by atoms with Gasteiger partial charge in [-0.2, -0.15) is 5.26 Å². The van der Waals surface area contributed by atoms with Crippen LogP contribution >= 0.6 is 0 Å². The van der Waals surface area contributed by atoms with Gasteiger partial charge in [0.25, 0.3) is 0 Å². The molecule has 0 aromatic heterocycles. The number of benzene rings is 2. The lowest BCUT2D eigenvalue weighted by atomic mass is 9.99. The van der Waals surface area contributed by atoms with E-state index in [0.717, 1.165) is 0 Å². The Morgan fingerprint density at radius 3 is 2.59 bits per heavy atom. The van der Waals surface area contributed by atoms with Gasteiger partial charge < -0.3 is 5.11 Å². The summed E-state index contributed by atoms with van der Waals surface area (Å²) in [4.78, 5) is 0. The van der Waals surface area contributed by atoms with Crippen LogP contribution in [0.3, 0.4) is 0 Å². The molecule has 0 radical (unpaired) electrons. The first-order valence-corrected chi connectivity index (χ1v) is 5.15. The SMILES string of the molecule is N#Cc1cccc(C(O)c2ccccc2F)c1. The van der Waals surface area contributed by atoms with Crippen molar-refractivity contribution >= 4 is 0 Å². The second kappa shape index (κ2) is 4.77. The van der Waals surface area contributed by atoms with Crippen molar-refractivity contribution in [3.05, 3.63) is 71.0 Å². The summed E-state index contributed by atoms with van der Waals surface area (Å²) in [6.45, 7) is 0. The van der Waals surface area contributed by atoms with Crippen molar-refractivity contribution in [1.29, 1.82) is 5.26 Å². The predicted molar refractivity (Wildman–Crippen MR) is 61.6 cm³/mol. The molecule has 0 saturated carbocycles. The molecule has 2 aromatic carbocycles. The molecule has 0 saturated heterocycles. The van der Waals surface area contributed by atoms with Gasteiger partial charge in [0.2, 0.25) is 0 Å². The molecule has 17 heavy (non-hydrogen) atoms. The van der Waals surface area contributed by atoms with Gasteiger partial charge in [-0.05, 0) is 23.8 Å². The molecule has 0 aliphatic heterocycles. The Morgan fingerprint density at radius 2 is 1.88 bits per heavy atom. The Labute approximate surface area is 98.6 Å². The lowest BCUT2D eigenvalue weighted by molar-refractivity contribution is 0.215. The normalized spacial score (nSPS) is 11.8. The molecule has 0 fully saturated rings. The maximum atomic E-state index is 13.5. The molecular weight excluding hydrogens is 217 g/mol. The smallest absolute Gasteiger partial charge is 0.129 e. The average molecular weight is 227 g/mol. The minimum absolute atomic E-state index is 0.211. The van der Waals surface area contributed by atoms with E-state index in [1.165, 1.54) is 12.1 Å². The molecule has 0 aliphatic carbocycles. The molecule has 84 valence electrons. The number of aliphatic hydroxyl groups excluding tert-OH is 1. The minimum Gasteiger partial charge on any atom is -0.384 e. The van der Waals surface area contributed by atoms with Crippen LogP contribution in [0.25, 0.3) is 0 Å². The van der Waals surface area contributed by atoms with Gasteiger partial charge in [-0.1, -0.05) is 30.3 Å². The topological polar surface area (TPSA) is 44.0 Å². The maximum Gasteiger partial charge on any atom is 0.129 e. The van der Waals surface area contributed by atoms with E-state index in [1.54, 1.807) is 36.4 Å². The van der Waals surface area contributed by atoms with Crippen LogP contribution < -0.4 is 0 Å². The number of aliphatic hydroxyl groups is 1. The molecule has 0 heterocycles. The second-order valence-electron chi connectivity index (χ2n) is 3.66. The summed E-state index contributed by atoms with van der Waals surface area (Å²) in [6.07, 6.45) is -1.05. The first-order chi connectivity index (χ1) is 8.22. The summed E-state index contributed by atoms with van der Waals surface area (Å²) in [6, 6.07) is 14.6. The number of rotatable bonds is 2. The minimum atomic E-state index is -1.05. The molecule has 1 unspecified atom stereocenters. The van der Waals surface area contributed by atoms with Gasteiger partial charge in [0.1, 0.15) is 11.9 Å². The van der Waals surface area contributed by atoms with Crippen LogP contribution in [0.4, 0.5) is 4.39 Å². The van der Waals surface area contributed by atoms with Crippen molar-refractivity contribution < 1.29 is 9.50 Å². The van der Waals surface area contributed by atoms with Gasteiger partial charge in [0.05, 0.1) is 11.6 Å². The third-order valence-electron chi connectivity index (χ3n) is 2.53. The zero-order valence-corrected chi connectivity index (χ0v) is 8.97. The van der Waals surface area contributed by atoms with Crippen LogP contribution in [0.2, 0.25) is 0 Å². The van der Waals surface area contributed by atoms with Crippen LogP contribution in [0.1, 0.15) is 22.8 Å². The standard InChI is InChI=1S/C14H10FNO/c15-13-7-2-1-6-12(13)14(17)11-5-3-4-10(8-11)9-16/h1-8,14,17H. The molecule has 1 N–H and O–H groups in total. The lowest BCUT2D eigenvalue weighted by Crippen LogP contribution is -2.02. The average Bonchev–Trinajstić information content (AvgIpc) is 2.38. The second-order valence-corrected chi connectivity index (χ2v) is 3.66. The highest BCUT2D eigenvalue weighted by atomic mass is 19.1. The number of nitriles is 1. The van der Waals surface area contributed by atoms with Gasteiger partial charge in [-0.3, -0.25) is 0 Å². The summed E-state index contributed by atoms with van der Waals surface area (Å²) < 4.78 is 13.5. The Balaban J connectivity index is 2.41. The number of hydrogen-bond donors (Lipinski definition) is 1. The summed E-state index contributed by atoms with van der Waals surface area (Å²) in [7, 11) is 0. The van der Waals surface area contributed by atoms with Crippen molar-refractivity contribution in [2.45, 2.75) is 6.10 Å². The van der Waals surface area contributed by atoms with Gasteiger partial charge in [-0.15, -0.1) is 0 Å². The zero-order valence-electron chi connectivity index (χ0n) is 8.97. The fourth-order valence-electron chi connectivity index (χ4n) is 1.65. The lowest BCUT2D eigenvalue weighted by Gasteiger charge is -2.12. The fourth-order valence-corrected chi connectivity index (χ4v) is 1.65. The Hall–Kier alpha value is -2.18. The van der Waals surface area contributed by atoms with Crippen LogP contribution in [0.15, 0.2) is 48.5 Å². The number of nitrogens with zero attached hydrogens (tertiary/aromatic N) is 1. The van der Waals surface area contributed by atoms with E-state index in [-0.39, 0.29) is 5.56 Å². The molecule has 3 heteroatoms. The maximum absolute atomic E-state index is 13.5. The van der Waals surface area contributed by atoms with Crippen molar-refractivity contribution in [3.63, 3.8) is 0 Å². The molecule has 0 spiro atoms. The fraction of sp³-hybridized carbons (Fsp3) is 0.0714. The van der Waals surface area contributed by atoms with Crippen LogP contribution in [0, 0.1) is 17.1 Å². The van der Waals surface area contributed by atoms with Crippen molar-refractivity contribution in [2.24, 2.45) is 0 Å². The van der Waals surface area contributed by atoms with Gasteiger partial charge in [0, 0.05) is 5.56 Å². The first-order valence-electron chi connectivity index (χ1n) is 5.15. The monoisotopic (exact) mass is 227 g/mol. The molecular formula is C14H10FNO. The third kappa shape index (κ3) is 2.32. The molecule has 1 atom stereocenters. The Kier molecular flexibility index (Phi) is 3.17. The highest BCUT2D eigenvalue weighted by molar-refractivity contribution is 5.37. The molecule has 2 rings (SSSR count). The zero-order chi connectivity index (χ0) is 12.3. The van der Waals surface area contributed by atoms with E-state index in [4.69, 9.17) is 5.26 Å². The van der Waals surface area contributed by atoms with Gasteiger partial charge in [0.15, 0.2) is 0 Å². The van der Waals surface area contributed by atoms with E-state index in [2.05, 4.69) is 0 Å². The summed E-state index contributed by atoms with van der Waals surface area (Å²) in [5.41, 5.74) is 1.16. The Bertz CT molecular complexity index is 574. The van der Waals surface area contributed by atoms with Gasteiger partial charge in [-0.25, -0.2) is 4.39 Å². The van der Waals surface area contributed by atoms with E-state index in [0.29, 0.717) is 11.1 Å². The first kappa shape index (κ1) is 11.3. The molecule has 2 nitrogen and oxygen atoms in total. The van der Waals surface area contributed by atoms with E-state index in [9.17, 15) is 9.50 Å². The summed E-state index contributed by atoms with van der Waals surface area (Å²) in [5, 5.41) is 18.8. The van der Waals surface area contributed by atoms with E-state index < -0.39 is 11.9 Å². The number of hydrogen-bond acceptors (Lipinski definition) is 2. The molecule has 0 bridgehead atoms. The van der Waals surface area contributed by atoms with Crippen LogP contribution in [-0.2, 0) is 0 Å². The summed E-state index contributed by atoms with van der Waals surface area (Å²) >= 11 is 0. The molecule has 0 amide bonds. The predicted octanol–water partition coefficient (Wildman–Crippen LogP) is 2.78. The molecule has 2 aromatic rings. The summed E-state index contributed by atoms with van der Waals surface area (Å²) in [5.74, 6) is -0.456. The number of halogens is 1. The molecule has 0 aliphatic rings. The van der Waals surface area contributed by atoms with Crippen LogP contribution in [0.5, 0.6) is 0 Å². The van der Waals surface area contributed by atoms with Crippen molar-refractivity contribution in [2.75, 3.05) is 0 Å².